The van der Waals surface area contributed by atoms with Gasteiger partial charge >= 0.3 is 5.97 Å². The van der Waals surface area contributed by atoms with Crippen LogP contribution in [0.4, 0.5) is 5.69 Å². The van der Waals surface area contributed by atoms with Crippen molar-refractivity contribution in [3.63, 3.8) is 0 Å². The lowest BCUT2D eigenvalue weighted by molar-refractivity contribution is -0.148. The summed E-state index contributed by atoms with van der Waals surface area (Å²) in [5, 5.41) is 21.1. The van der Waals surface area contributed by atoms with Crippen LogP contribution in [0, 0.1) is 42.4 Å². The third kappa shape index (κ3) is 5.83. The number of hydrogen-bond donors (Lipinski definition) is 1. The molecule has 1 aromatic heterocycles. The molecule has 0 bridgehead atoms. The smallest absolute Gasteiger partial charge is 0.349 e. The topological polar surface area (TPSA) is 108 Å². The predicted octanol–water partition coefficient (Wildman–Crippen LogP) is 4.11. The summed E-state index contributed by atoms with van der Waals surface area (Å²) in [6.07, 6.45) is 0.335. The van der Waals surface area contributed by atoms with Crippen LogP contribution in [-0.4, -0.2) is 22.5 Å². The van der Waals surface area contributed by atoms with E-state index in [4.69, 9.17) is 10.00 Å². The number of ether oxygens (including phenoxy) is 1. The Hall–Kier alpha value is -3.84. The van der Waals surface area contributed by atoms with Gasteiger partial charge in [0.05, 0.1) is 11.3 Å². The van der Waals surface area contributed by atoms with Crippen molar-refractivity contribution in [3.05, 3.63) is 58.4 Å². The van der Waals surface area contributed by atoms with Crippen LogP contribution < -0.4 is 5.32 Å². The highest BCUT2D eigenvalue weighted by molar-refractivity contribution is 6.01. The van der Waals surface area contributed by atoms with Crippen LogP contribution in [-0.2, 0) is 20.9 Å². The van der Waals surface area contributed by atoms with Gasteiger partial charge in [0.1, 0.15) is 17.7 Å². The number of hydrogen-bond acceptors (Lipinski definition) is 5. The Kier molecular flexibility index (Phi) is 7.76. The van der Waals surface area contributed by atoms with E-state index in [2.05, 4.69) is 23.7 Å². The monoisotopic (exact) mass is 418 g/mol. The predicted molar refractivity (Wildman–Crippen MR) is 118 cm³/mol. The van der Waals surface area contributed by atoms with Gasteiger partial charge in [-0.15, -0.1) is 0 Å². The van der Waals surface area contributed by atoms with Crippen LogP contribution in [0.5, 0.6) is 0 Å². The fraction of sp³-hybridized carbons (Fsp3) is 0.333. The van der Waals surface area contributed by atoms with Crippen molar-refractivity contribution in [2.45, 2.75) is 47.3 Å². The summed E-state index contributed by atoms with van der Waals surface area (Å²) in [7, 11) is 0. The number of amides is 1. The molecule has 0 aliphatic rings. The van der Waals surface area contributed by atoms with Gasteiger partial charge in [-0.05, 0) is 56.5 Å². The lowest BCUT2D eigenvalue weighted by Gasteiger charge is -2.14. The molecule has 0 spiro atoms. The van der Waals surface area contributed by atoms with Crippen LogP contribution in [0.25, 0.3) is 6.08 Å². The molecule has 1 N–H and O–H groups in total. The number of aromatic nitrogens is 1. The molecule has 1 amide bonds. The summed E-state index contributed by atoms with van der Waals surface area (Å²) >= 11 is 0. The third-order valence-electron chi connectivity index (χ3n) is 4.76. The number of esters is 1. The Morgan fingerprint density at radius 1 is 1.19 bits per heavy atom. The van der Waals surface area contributed by atoms with E-state index in [0.29, 0.717) is 17.2 Å². The van der Waals surface area contributed by atoms with E-state index in [0.717, 1.165) is 23.5 Å². The van der Waals surface area contributed by atoms with E-state index in [-0.39, 0.29) is 5.57 Å². The van der Waals surface area contributed by atoms with Gasteiger partial charge in [0, 0.05) is 17.9 Å². The minimum absolute atomic E-state index is 0.193. The maximum Gasteiger partial charge on any atom is 0.349 e. The van der Waals surface area contributed by atoms with Gasteiger partial charge in [-0.3, -0.25) is 4.79 Å². The van der Waals surface area contributed by atoms with E-state index < -0.39 is 18.0 Å². The van der Waals surface area contributed by atoms with Crippen LogP contribution in [0.2, 0.25) is 0 Å². The van der Waals surface area contributed by atoms with Gasteiger partial charge in [0.25, 0.3) is 5.91 Å². The number of carbonyl (C=O) groups excluding carboxylic acids is 2. The van der Waals surface area contributed by atoms with Gasteiger partial charge in [0.2, 0.25) is 0 Å². The second-order valence-corrected chi connectivity index (χ2v) is 7.69. The first-order valence-corrected chi connectivity index (χ1v) is 9.97. The lowest BCUT2D eigenvalue weighted by atomic mass is 10.1. The zero-order valence-corrected chi connectivity index (χ0v) is 18.4. The fourth-order valence-electron chi connectivity index (χ4n) is 3.11. The molecule has 31 heavy (non-hydrogen) atoms. The first-order chi connectivity index (χ1) is 14.7. The summed E-state index contributed by atoms with van der Waals surface area (Å²) in [5.41, 5.74) is 3.17. The second kappa shape index (κ2) is 10.3. The average molecular weight is 418 g/mol. The van der Waals surface area contributed by atoms with Crippen molar-refractivity contribution < 1.29 is 14.3 Å². The molecule has 2 rings (SSSR count). The molecule has 0 saturated heterocycles. The van der Waals surface area contributed by atoms with E-state index in [1.54, 1.807) is 24.3 Å². The molecular weight excluding hydrogens is 392 g/mol. The SMILES string of the molecule is Cc1cc(/C=C(\C#N)C(=O)OC(C)C(=O)Nc2ccccc2C#N)c(C)n1CC(C)C. The van der Waals surface area contributed by atoms with Crippen LogP contribution >= 0.6 is 0 Å². The molecular formula is C24H26N4O3. The van der Waals surface area contributed by atoms with Crippen LogP contribution in [0.1, 0.15) is 43.3 Å². The van der Waals surface area contributed by atoms with Gasteiger partial charge in [0.15, 0.2) is 6.10 Å². The van der Waals surface area contributed by atoms with Crippen LogP contribution in [0.15, 0.2) is 35.9 Å². The van der Waals surface area contributed by atoms with E-state index in [1.165, 1.54) is 13.0 Å². The Balaban J connectivity index is 2.15. The number of anilines is 1. The van der Waals surface area contributed by atoms with Crippen molar-refractivity contribution >= 4 is 23.6 Å². The summed E-state index contributed by atoms with van der Waals surface area (Å²) < 4.78 is 7.33. The summed E-state index contributed by atoms with van der Waals surface area (Å²) in [6, 6.07) is 12.3. The van der Waals surface area contributed by atoms with Gasteiger partial charge in [-0.2, -0.15) is 10.5 Å². The maximum absolute atomic E-state index is 12.5. The Morgan fingerprint density at radius 3 is 2.48 bits per heavy atom. The molecule has 160 valence electrons. The molecule has 2 aromatic rings. The van der Waals surface area contributed by atoms with E-state index in [1.807, 2.05) is 32.1 Å². The number of nitrogens with one attached hydrogen (secondary N) is 1. The third-order valence-corrected chi connectivity index (χ3v) is 4.76. The van der Waals surface area contributed by atoms with Gasteiger partial charge < -0.3 is 14.6 Å². The zero-order valence-electron chi connectivity index (χ0n) is 18.4. The van der Waals surface area contributed by atoms with Crippen molar-refractivity contribution in [2.75, 3.05) is 5.32 Å². The molecule has 7 heteroatoms. The largest absolute Gasteiger partial charge is 0.448 e. The van der Waals surface area contributed by atoms with Crippen LogP contribution in [0.3, 0.4) is 0 Å². The lowest BCUT2D eigenvalue weighted by Crippen LogP contribution is -2.30. The molecule has 0 fully saturated rings. The van der Waals surface area contributed by atoms with E-state index in [9.17, 15) is 14.9 Å². The molecule has 7 nitrogen and oxygen atoms in total. The number of benzene rings is 1. The number of para-hydroxylation sites is 1. The van der Waals surface area contributed by atoms with Crippen molar-refractivity contribution in [2.24, 2.45) is 5.92 Å². The number of aryl methyl sites for hydroxylation is 1. The van der Waals surface area contributed by atoms with Gasteiger partial charge in [-0.25, -0.2) is 4.79 Å². The summed E-state index contributed by atoms with van der Waals surface area (Å²) in [4.78, 5) is 24.9. The molecule has 1 unspecified atom stereocenters. The second-order valence-electron chi connectivity index (χ2n) is 7.69. The first kappa shape index (κ1) is 23.4. The molecule has 1 aromatic carbocycles. The number of rotatable bonds is 7. The summed E-state index contributed by atoms with van der Waals surface area (Å²) in [6.45, 7) is 10.4. The number of carbonyl (C=O) groups is 2. The Bertz CT molecular complexity index is 1100. The number of nitriles is 2. The minimum Gasteiger partial charge on any atom is -0.448 e. The molecule has 1 atom stereocenters. The molecule has 0 aliphatic carbocycles. The highest BCUT2D eigenvalue weighted by Crippen LogP contribution is 2.20. The highest BCUT2D eigenvalue weighted by atomic mass is 16.5. The molecule has 0 aliphatic heterocycles. The zero-order chi connectivity index (χ0) is 23.1. The van der Waals surface area contributed by atoms with Gasteiger partial charge in [-0.1, -0.05) is 26.0 Å². The summed E-state index contributed by atoms with van der Waals surface area (Å²) in [5.74, 6) is -1.02. The van der Waals surface area contributed by atoms with Crippen molar-refractivity contribution in [3.8, 4) is 12.1 Å². The quantitative estimate of drug-likeness (QED) is 0.413. The van der Waals surface area contributed by atoms with Crippen molar-refractivity contribution in [1.29, 1.82) is 10.5 Å². The number of nitrogens with zero attached hydrogens (tertiary/aromatic N) is 3. The standard InChI is InChI=1S/C24H26N4O3/c1-15(2)14-28-16(3)10-20(17(28)4)11-21(13-26)24(30)31-18(5)23(29)27-22-9-7-6-8-19(22)12-25/h6-11,15,18H,14H2,1-5H3,(H,27,29)/b21-11+. The molecule has 0 radical (unpaired) electrons. The fourth-order valence-corrected chi connectivity index (χ4v) is 3.11. The average Bonchev–Trinajstić information content (AvgIpc) is 2.99. The van der Waals surface area contributed by atoms with E-state index >= 15 is 0 Å². The van der Waals surface area contributed by atoms with Crippen molar-refractivity contribution in [1.82, 2.24) is 4.57 Å². The Morgan fingerprint density at radius 2 is 1.87 bits per heavy atom. The maximum atomic E-state index is 12.5. The highest BCUT2D eigenvalue weighted by Gasteiger charge is 2.22. The molecule has 1 heterocycles. The molecule has 0 saturated carbocycles. The Labute approximate surface area is 182 Å². The normalized spacial score (nSPS) is 12.1. The minimum atomic E-state index is -1.15. The first-order valence-electron chi connectivity index (χ1n) is 9.97.